The summed E-state index contributed by atoms with van der Waals surface area (Å²) in [6.07, 6.45) is 3.14. The Kier molecular flexibility index (Phi) is 6.86. The number of ether oxygens (including phenoxy) is 1. The van der Waals surface area contributed by atoms with Crippen LogP contribution in [0.5, 0.6) is 5.75 Å². The van der Waals surface area contributed by atoms with Crippen molar-refractivity contribution in [2.45, 2.75) is 38.3 Å². The Hall–Kier alpha value is -1.88. The Balaban J connectivity index is 1.51. The molecule has 1 fully saturated rings. The molecule has 2 unspecified atom stereocenters. The fourth-order valence-electron chi connectivity index (χ4n) is 3.28. The maximum atomic E-state index is 6.10. The molecule has 2 aromatic carbocycles. The van der Waals surface area contributed by atoms with Crippen LogP contribution in [0.2, 0.25) is 0 Å². The molecule has 2 atom stereocenters. The molecule has 1 aliphatic heterocycles. The summed E-state index contributed by atoms with van der Waals surface area (Å²) in [6.45, 7) is 4.87. The molecule has 0 aliphatic carbocycles. The molecule has 1 saturated heterocycles. The fraction of sp³-hybridized carbons (Fsp3) is 0.429. The average molecular weight is 339 g/mol. The minimum absolute atomic E-state index is 0.300. The quantitative estimate of drug-likeness (QED) is 0.614. The highest BCUT2D eigenvalue weighted by Crippen LogP contribution is 2.30. The van der Waals surface area contributed by atoms with Crippen LogP contribution in [0.3, 0.4) is 0 Å². The van der Waals surface area contributed by atoms with Crippen LogP contribution in [0.1, 0.15) is 36.9 Å². The first-order valence-corrected chi connectivity index (χ1v) is 9.34. The first kappa shape index (κ1) is 17.9. The standard InChI is InChI=1S/C21H29N3O/c1-2-22-16-18-15-20(24-23-18)19-12-6-7-13-21(19)25-14-8-11-17-9-4-3-5-10-17/h3-7,9-10,12-13,18,20,22-24H,2,8,11,14-16H2,1H3. The van der Waals surface area contributed by atoms with E-state index in [4.69, 9.17) is 4.74 Å². The van der Waals surface area contributed by atoms with E-state index in [1.807, 2.05) is 0 Å². The lowest BCUT2D eigenvalue weighted by Crippen LogP contribution is -2.37. The van der Waals surface area contributed by atoms with Gasteiger partial charge < -0.3 is 10.1 Å². The lowest BCUT2D eigenvalue weighted by atomic mass is 10.0. The van der Waals surface area contributed by atoms with E-state index in [0.717, 1.165) is 44.7 Å². The number of nitrogens with one attached hydrogen (secondary N) is 3. The van der Waals surface area contributed by atoms with Gasteiger partial charge in [0, 0.05) is 18.2 Å². The first-order valence-electron chi connectivity index (χ1n) is 9.34. The topological polar surface area (TPSA) is 45.3 Å². The zero-order valence-electron chi connectivity index (χ0n) is 15.0. The lowest BCUT2D eigenvalue weighted by Gasteiger charge is -2.16. The molecule has 3 rings (SSSR count). The molecule has 4 nitrogen and oxygen atoms in total. The molecule has 25 heavy (non-hydrogen) atoms. The van der Waals surface area contributed by atoms with Crippen molar-refractivity contribution in [3.63, 3.8) is 0 Å². The highest BCUT2D eigenvalue weighted by molar-refractivity contribution is 5.36. The largest absolute Gasteiger partial charge is 0.493 e. The first-order chi connectivity index (χ1) is 12.4. The van der Waals surface area contributed by atoms with Gasteiger partial charge in [0.05, 0.1) is 12.6 Å². The van der Waals surface area contributed by atoms with E-state index in [1.165, 1.54) is 11.1 Å². The predicted octanol–water partition coefficient (Wildman–Crippen LogP) is 3.22. The minimum Gasteiger partial charge on any atom is -0.493 e. The Labute approximate surface area is 151 Å². The highest BCUT2D eigenvalue weighted by atomic mass is 16.5. The second-order valence-corrected chi connectivity index (χ2v) is 6.56. The van der Waals surface area contributed by atoms with Crippen molar-refractivity contribution in [1.82, 2.24) is 16.2 Å². The van der Waals surface area contributed by atoms with Crippen LogP contribution in [0.15, 0.2) is 54.6 Å². The van der Waals surface area contributed by atoms with Crippen molar-refractivity contribution >= 4 is 0 Å². The number of rotatable bonds is 9. The average Bonchev–Trinajstić information content (AvgIpc) is 3.13. The van der Waals surface area contributed by atoms with Gasteiger partial charge in [-0.25, -0.2) is 5.43 Å². The minimum atomic E-state index is 0.300. The fourth-order valence-corrected chi connectivity index (χ4v) is 3.28. The van der Waals surface area contributed by atoms with Crippen LogP contribution >= 0.6 is 0 Å². The summed E-state index contributed by atoms with van der Waals surface area (Å²) in [4.78, 5) is 0. The molecule has 0 aromatic heterocycles. The number of hydrogen-bond donors (Lipinski definition) is 3. The van der Waals surface area contributed by atoms with Crippen LogP contribution < -0.4 is 20.9 Å². The van der Waals surface area contributed by atoms with E-state index in [0.29, 0.717) is 12.1 Å². The van der Waals surface area contributed by atoms with Gasteiger partial charge in [0.2, 0.25) is 0 Å². The smallest absolute Gasteiger partial charge is 0.124 e. The van der Waals surface area contributed by atoms with Crippen LogP contribution in [-0.4, -0.2) is 25.7 Å². The summed E-state index contributed by atoms with van der Waals surface area (Å²) < 4.78 is 6.10. The normalized spacial score (nSPS) is 19.9. The predicted molar refractivity (Wildman–Crippen MR) is 103 cm³/mol. The Morgan fingerprint density at radius 2 is 1.84 bits per heavy atom. The summed E-state index contributed by atoms with van der Waals surface area (Å²) in [5, 5.41) is 3.40. The number of hydrogen-bond acceptors (Lipinski definition) is 4. The van der Waals surface area contributed by atoms with Crippen LogP contribution in [0.25, 0.3) is 0 Å². The third kappa shape index (κ3) is 5.30. The van der Waals surface area contributed by atoms with E-state index in [1.54, 1.807) is 0 Å². The summed E-state index contributed by atoms with van der Waals surface area (Å²) in [5.74, 6) is 0.999. The molecule has 2 aromatic rings. The van der Waals surface area contributed by atoms with Crippen molar-refractivity contribution in [3.05, 3.63) is 65.7 Å². The van der Waals surface area contributed by atoms with Gasteiger partial charge in [-0.15, -0.1) is 0 Å². The lowest BCUT2D eigenvalue weighted by molar-refractivity contribution is 0.304. The van der Waals surface area contributed by atoms with Gasteiger partial charge in [-0.2, -0.15) is 0 Å². The van der Waals surface area contributed by atoms with Gasteiger partial charge >= 0.3 is 0 Å². The molecule has 4 heteroatoms. The molecule has 0 bridgehead atoms. The summed E-state index contributed by atoms with van der Waals surface area (Å²) in [6, 6.07) is 19.7. The SMILES string of the molecule is CCNCC1CC(c2ccccc2OCCCc2ccccc2)NN1. The van der Waals surface area contributed by atoms with Gasteiger partial charge in [-0.05, 0) is 37.4 Å². The number of para-hydroxylation sites is 1. The van der Waals surface area contributed by atoms with Crippen molar-refractivity contribution in [1.29, 1.82) is 0 Å². The number of hydrazine groups is 1. The highest BCUT2D eigenvalue weighted by Gasteiger charge is 2.26. The molecular weight excluding hydrogens is 310 g/mol. The molecule has 1 heterocycles. The second-order valence-electron chi connectivity index (χ2n) is 6.56. The van der Waals surface area contributed by atoms with E-state index in [-0.39, 0.29) is 0 Å². The maximum absolute atomic E-state index is 6.10. The third-order valence-corrected chi connectivity index (χ3v) is 4.63. The Morgan fingerprint density at radius 1 is 1.04 bits per heavy atom. The maximum Gasteiger partial charge on any atom is 0.124 e. The van der Waals surface area contributed by atoms with Crippen molar-refractivity contribution in [2.24, 2.45) is 0 Å². The van der Waals surface area contributed by atoms with E-state index in [2.05, 4.69) is 77.7 Å². The molecule has 0 saturated carbocycles. The summed E-state index contributed by atoms with van der Waals surface area (Å²) in [5.41, 5.74) is 9.42. The molecule has 1 aliphatic rings. The Bertz CT molecular complexity index is 632. The molecule has 0 spiro atoms. The number of aryl methyl sites for hydroxylation is 1. The molecule has 0 radical (unpaired) electrons. The second kappa shape index (κ2) is 9.56. The van der Waals surface area contributed by atoms with Gasteiger partial charge in [0.15, 0.2) is 0 Å². The third-order valence-electron chi connectivity index (χ3n) is 4.63. The van der Waals surface area contributed by atoms with Crippen molar-refractivity contribution < 1.29 is 4.74 Å². The van der Waals surface area contributed by atoms with Gasteiger partial charge in [-0.3, -0.25) is 5.43 Å². The number of benzene rings is 2. The van der Waals surface area contributed by atoms with Crippen LogP contribution in [-0.2, 0) is 6.42 Å². The molecule has 134 valence electrons. The number of likely N-dealkylation sites (N-methyl/N-ethyl adjacent to an activating group) is 1. The van der Waals surface area contributed by atoms with Crippen molar-refractivity contribution in [3.8, 4) is 5.75 Å². The molecule has 0 amide bonds. The zero-order valence-corrected chi connectivity index (χ0v) is 15.0. The van der Waals surface area contributed by atoms with Crippen LogP contribution in [0.4, 0.5) is 0 Å². The zero-order chi connectivity index (χ0) is 17.3. The van der Waals surface area contributed by atoms with E-state index in [9.17, 15) is 0 Å². The van der Waals surface area contributed by atoms with Gasteiger partial charge in [-0.1, -0.05) is 55.5 Å². The van der Waals surface area contributed by atoms with Crippen LogP contribution in [0, 0.1) is 0 Å². The molecular formula is C21H29N3O. The van der Waals surface area contributed by atoms with Gasteiger partial charge in [0.1, 0.15) is 5.75 Å². The van der Waals surface area contributed by atoms with Crippen molar-refractivity contribution in [2.75, 3.05) is 19.7 Å². The van der Waals surface area contributed by atoms with E-state index < -0.39 is 0 Å². The van der Waals surface area contributed by atoms with E-state index >= 15 is 0 Å². The Morgan fingerprint density at radius 3 is 2.68 bits per heavy atom. The van der Waals surface area contributed by atoms with Gasteiger partial charge in [0.25, 0.3) is 0 Å². The monoisotopic (exact) mass is 339 g/mol. The summed E-state index contributed by atoms with van der Waals surface area (Å²) >= 11 is 0. The molecule has 3 N–H and O–H groups in total. The summed E-state index contributed by atoms with van der Waals surface area (Å²) in [7, 11) is 0.